The second-order valence-electron chi connectivity index (χ2n) is 5.62. The van der Waals surface area contributed by atoms with Crippen LogP contribution in [0.3, 0.4) is 0 Å². The molecule has 104 valence electrons. The van der Waals surface area contributed by atoms with Gasteiger partial charge in [0, 0.05) is 11.1 Å². The van der Waals surface area contributed by atoms with Gasteiger partial charge in [-0.15, -0.1) is 0 Å². The number of carbonyl (C=O) groups is 2. The number of hydrogen-bond acceptors (Lipinski definition) is 2. The molecule has 1 amide bonds. The van der Waals surface area contributed by atoms with E-state index in [1.54, 1.807) is 13.0 Å². The minimum absolute atomic E-state index is 0.0465. The number of aromatic amines is 1. The third-order valence-electron chi connectivity index (χ3n) is 3.92. The van der Waals surface area contributed by atoms with E-state index in [2.05, 4.69) is 10.3 Å². The highest BCUT2D eigenvalue weighted by atomic mass is 16.4. The minimum atomic E-state index is -1.06. The van der Waals surface area contributed by atoms with Gasteiger partial charge < -0.3 is 15.4 Å². The van der Waals surface area contributed by atoms with Crippen LogP contribution in [0.2, 0.25) is 0 Å². The predicted octanol–water partition coefficient (Wildman–Crippen LogP) is 2.93. The Morgan fingerprint density at radius 1 is 1.32 bits per heavy atom. The summed E-state index contributed by atoms with van der Waals surface area (Å²) in [6.07, 6.45) is 5.02. The van der Waals surface area contributed by atoms with Crippen molar-refractivity contribution in [1.82, 2.24) is 4.98 Å². The summed E-state index contributed by atoms with van der Waals surface area (Å²) in [5.74, 6) is -1.13. The molecule has 0 unspecified atom stereocenters. The molecule has 3 N–H and O–H groups in total. The SMILES string of the molecule is Cc1cc(NC(=O)C2(C)CCCCC2)c(C(=O)O)[nH]1. The molecule has 0 aliphatic heterocycles. The number of carboxylic acid groups (broad SMARTS) is 1. The average molecular weight is 264 g/mol. The molecule has 2 rings (SSSR count). The average Bonchev–Trinajstić information content (AvgIpc) is 2.71. The first-order chi connectivity index (χ1) is 8.92. The van der Waals surface area contributed by atoms with Gasteiger partial charge in [0.15, 0.2) is 0 Å². The lowest BCUT2D eigenvalue weighted by Gasteiger charge is -2.31. The fourth-order valence-electron chi connectivity index (χ4n) is 2.69. The van der Waals surface area contributed by atoms with Crippen molar-refractivity contribution in [2.75, 3.05) is 5.32 Å². The van der Waals surface area contributed by atoms with E-state index in [4.69, 9.17) is 5.11 Å². The highest BCUT2D eigenvalue weighted by Crippen LogP contribution is 2.37. The van der Waals surface area contributed by atoms with Crippen molar-refractivity contribution in [3.8, 4) is 0 Å². The van der Waals surface area contributed by atoms with Crippen LogP contribution in [0.15, 0.2) is 6.07 Å². The Morgan fingerprint density at radius 2 is 1.95 bits per heavy atom. The topological polar surface area (TPSA) is 82.2 Å². The van der Waals surface area contributed by atoms with Gasteiger partial charge in [-0.2, -0.15) is 0 Å². The molecule has 1 saturated carbocycles. The summed E-state index contributed by atoms with van der Waals surface area (Å²) in [6, 6.07) is 1.66. The van der Waals surface area contributed by atoms with Gasteiger partial charge in [0.1, 0.15) is 5.69 Å². The van der Waals surface area contributed by atoms with Crippen molar-refractivity contribution in [3.63, 3.8) is 0 Å². The van der Waals surface area contributed by atoms with Crippen molar-refractivity contribution in [3.05, 3.63) is 17.5 Å². The molecule has 1 aromatic heterocycles. The van der Waals surface area contributed by atoms with Crippen molar-refractivity contribution < 1.29 is 14.7 Å². The molecule has 0 aromatic carbocycles. The number of rotatable bonds is 3. The van der Waals surface area contributed by atoms with Crippen molar-refractivity contribution in [2.45, 2.75) is 46.0 Å². The monoisotopic (exact) mass is 264 g/mol. The van der Waals surface area contributed by atoms with E-state index >= 15 is 0 Å². The number of amides is 1. The molecule has 1 heterocycles. The van der Waals surface area contributed by atoms with Crippen molar-refractivity contribution in [2.24, 2.45) is 5.41 Å². The molecule has 5 nitrogen and oxygen atoms in total. The molecule has 1 aliphatic rings. The van der Waals surface area contributed by atoms with Crippen molar-refractivity contribution >= 4 is 17.6 Å². The zero-order chi connectivity index (χ0) is 14.0. The largest absolute Gasteiger partial charge is 0.477 e. The number of H-pyrrole nitrogens is 1. The van der Waals surface area contributed by atoms with Gasteiger partial charge in [0.2, 0.25) is 5.91 Å². The summed E-state index contributed by atoms with van der Waals surface area (Å²) in [5.41, 5.74) is 0.757. The van der Waals surface area contributed by atoms with Gasteiger partial charge in [0.25, 0.3) is 0 Å². The maximum atomic E-state index is 12.4. The van der Waals surface area contributed by atoms with Gasteiger partial charge in [-0.05, 0) is 25.8 Å². The molecule has 5 heteroatoms. The molecule has 1 aromatic rings. The lowest BCUT2D eigenvalue weighted by Crippen LogP contribution is -2.35. The Labute approximate surface area is 112 Å². The molecule has 0 saturated heterocycles. The number of aromatic nitrogens is 1. The molecule has 19 heavy (non-hydrogen) atoms. The first-order valence-electron chi connectivity index (χ1n) is 6.67. The summed E-state index contributed by atoms with van der Waals surface area (Å²) in [6.45, 7) is 3.73. The summed E-state index contributed by atoms with van der Waals surface area (Å²) < 4.78 is 0. The van der Waals surface area contributed by atoms with Crippen LogP contribution in [0.25, 0.3) is 0 Å². The molecular weight excluding hydrogens is 244 g/mol. The van der Waals surface area contributed by atoms with Gasteiger partial charge in [0.05, 0.1) is 5.69 Å². The summed E-state index contributed by atoms with van der Waals surface area (Å²) >= 11 is 0. The van der Waals surface area contributed by atoms with E-state index in [0.717, 1.165) is 31.4 Å². The van der Waals surface area contributed by atoms with Crippen LogP contribution in [0.5, 0.6) is 0 Å². The van der Waals surface area contributed by atoms with Gasteiger partial charge in [-0.3, -0.25) is 4.79 Å². The Hall–Kier alpha value is -1.78. The Morgan fingerprint density at radius 3 is 2.53 bits per heavy atom. The maximum absolute atomic E-state index is 12.4. The van der Waals surface area contributed by atoms with Gasteiger partial charge in [-0.25, -0.2) is 4.79 Å². The standard InChI is InChI=1S/C14H20N2O3/c1-9-8-10(11(15-9)12(17)18)16-13(19)14(2)6-4-3-5-7-14/h8,15H,3-7H2,1-2H3,(H,16,19)(H,17,18). The molecule has 1 fully saturated rings. The quantitative estimate of drug-likeness (QED) is 0.785. The number of hydrogen-bond donors (Lipinski definition) is 3. The summed E-state index contributed by atoms with van der Waals surface area (Å²) in [5, 5.41) is 11.9. The smallest absolute Gasteiger partial charge is 0.354 e. The summed E-state index contributed by atoms with van der Waals surface area (Å²) in [4.78, 5) is 26.2. The lowest BCUT2D eigenvalue weighted by molar-refractivity contribution is -0.126. The first kappa shape index (κ1) is 13.6. The third kappa shape index (κ3) is 2.80. The van der Waals surface area contributed by atoms with Crippen LogP contribution in [-0.4, -0.2) is 22.0 Å². The van der Waals surface area contributed by atoms with Crippen LogP contribution in [0.4, 0.5) is 5.69 Å². The summed E-state index contributed by atoms with van der Waals surface area (Å²) in [7, 11) is 0. The van der Waals surface area contributed by atoms with Crippen LogP contribution in [0, 0.1) is 12.3 Å². The van der Waals surface area contributed by atoms with E-state index in [1.807, 2.05) is 6.92 Å². The maximum Gasteiger partial charge on any atom is 0.354 e. The third-order valence-corrected chi connectivity index (χ3v) is 3.92. The molecule has 0 bridgehead atoms. The number of carboxylic acids is 1. The molecule has 0 spiro atoms. The Balaban J connectivity index is 2.16. The van der Waals surface area contributed by atoms with E-state index in [9.17, 15) is 9.59 Å². The van der Waals surface area contributed by atoms with Gasteiger partial charge >= 0.3 is 5.97 Å². The second kappa shape index (κ2) is 5.07. The van der Waals surface area contributed by atoms with Crippen LogP contribution in [-0.2, 0) is 4.79 Å². The first-order valence-corrected chi connectivity index (χ1v) is 6.67. The van der Waals surface area contributed by atoms with Crippen molar-refractivity contribution in [1.29, 1.82) is 0 Å². The zero-order valence-corrected chi connectivity index (χ0v) is 11.4. The fraction of sp³-hybridized carbons (Fsp3) is 0.571. The number of carbonyl (C=O) groups excluding carboxylic acids is 1. The van der Waals surface area contributed by atoms with Gasteiger partial charge in [-0.1, -0.05) is 26.2 Å². The number of anilines is 1. The zero-order valence-electron chi connectivity index (χ0n) is 11.4. The molecular formula is C14H20N2O3. The Bertz CT molecular complexity index is 499. The van der Waals surface area contributed by atoms with E-state index in [-0.39, 0.29) is 17.0 Å². The molecule has 0 radical (unpaired) electrons. The fourth-order valence-corrected chi connectivity index (χ4v) is 2.69. The number of aryl methyl sites for hydroxylation is 1. The second-order valence-corrected chi connectivity index (χ2v) is 5.62. The number of aromatic carboxylic acids is 1. The normalized spacial score (nSPS) is 18.0. The van der Waals surface area contributed by atoms with Crippen LogP contribution < -0.4 is 5.32 Å². The number of nitrogens with one attached hydrogen (secondary N) is 2. The highest BCUT2D eigenvalue weighted by Gasteiger charge is 2.35. The van der Waals surface area contributed by atoms with E-state index in [1.165, 1.54) is 6.42 Å². The Kier molecular flexibility index (Phi) is 3.64. The molecule has 0 atom stereocenters. The minimum Gasteiger partial charge on any atom is -0.477 e. The predicted molar refractivity (Wildman–Crippen MR) is 72.3 cm³/mol. The highest BCUT2D eigenvalue weighted by molar-refractivity contribution is 6.01. The molecule has 1 aliphatic carbocycles. The van der Waals surface area contributed by atoms with E-state index < -0.39 is 5.97 Å². The lowest BCUT2D eigenvalue weighted by atomic mass is 9.75. The van der Waals surface area contributed by atoms with Crippen LogP contribution >= 0.6 is 0 Å². The van der Waals surface area contributed by atoms with Crippen LogP contribution in [0.1, 0.15) is 55.2 Å². The van der Waals surface area contributed by atoms with E-state index in [0.29, 0.717) is 5.69 Å².